The van der Waals surface area contributed by atoms with Gasteiger partial charge in [-0.05, 0) is 43.7 Å². The molecule has 2 aliphatic rings. The number of likely N-dealkylation sites (tertiary alicyclic amines) is 1. The van der Waals surface area contributed by atoms with Gasteiger partial charge in [-0.3, -0.25) is 4.90 Å². The van der Waals surface area contributed by atoms with Crippen molar-refractivity contribution in [3.05, 3.63) is 35.4 Å². The molecule has 1 heterocycles. The summed E-state index contributed by atoms with van der Waals surface area (Å²) in [7, 11) is 0. The third kappa shape index (κ3) is 3.21. The van der Waals surface area contributed by atoms with Crippen molar-refractivity contribution in [1.29, 1.82) is 0 Å². The molecule has 1 unspecified atom stereocenters. The minimum absolute atomic E-state index is 0.173. The van der Waals surface area contributed by atoms with Gasteiger partial charge in [-0.25, -0.2) is 0 Å². The summed E-state index contributed by atoms with van der Waals surface area (Å²) in [6.45, 7) is 2.25. The molecule has 3 rings (SSSR count). The molecule has 1 saturated carbocycles. The maximum atomic E-state index is 8.70. The summed E-state index contributed by atoms with van der Waals surface area (Å²) in [5, 5.41) is 11.7. The Balaban J connectivity index is 1.65. The number of hydrogen-bond donors (Lipinski definition) is 2. The maximum Gasteiger partial charge on any atom is 0.170 e. The minimum Gasteiger partial charge on any atom is -0.409 e. The highest BCUT2D eigenvalue weighted by Gasteiger charge is 2.32. The standard InChI is InChI=1S/C17H25N3O/c18-17(19-21)15-9-7-13(8-10-15)12-20-11-3-6-16(20)14-4-1-2-5-14/h7-10,14,16,21H,1-6,11-12H2,(H2,18,19). The van der Waals surface area contributed by atoms with Crippen LogP contribution in [0.2, 0.25) is 0 Å². The van der Waals surface area contributed by atoms with Crippen molar-refractivity contribution in [2.75, 3.05) is 6.54 Å². The van der Waals surface area contributed by atoms with Crippen LogP contribution in [0.25, 0.3) is 0 Å². The fourth-order valence-electron chi connectivity index (χ4n) is 4.00. The van der Waals surface area contributed by atoms with Crippen molar-refractivity contribution in [3.8, 4) is 0 Å². The molecule has 2 fully saturated rings. The molecule has 0 spiro atoms. The molecule has 0 bridgehead atoms. The molecule has 1 aromatic rings. The van der Waals surface area contributed by atoms with Gasteiger partial charge in [0.05, 0.1) is 0 Å². The quantitative estimate of drug-likeness (QED) is 0.387. The summed E-state index contributed by atoms with van der Waals surface area (Å²) in [6, 6.07) is 8.85. The Kier molecular flexibility index (Phi) is 4.44. The van der Waals surface area contributed by atoms with E-state index in [1.807, 2.05) is 12.1 Å². The Morgan fingerprint density at radius 2 is 1.86 bits per heavy atom. The molecule has 21 heavy (non-hydrogen) atoms. The van der Waals surface area contributed by atoms with Crippen molar-refractivity contribution in [1.82, 2.24) is 4.90 Å². The average Bonchev–Trinajstić information content (AvgIpc) is 3.18. The molecule has 1 aliphatic heterocycles. The minimum atomic E-state index is 0.173. The van der Waals surface area contributed by atoms with Crippen LogP contribution in [0.3, 0.4) is 0 Å². The van der Waals surface area contributed by atoms with Gasteiger partial charge in [-0.15, -0.1) is 0 Å². The zero-order valence-electron chi connectivity index (χ0n) is 12.5. The molecule has 0 amide bonds. The molecular weight excluding hydrogens is 262 g/mol. The van der Waals surface area contributed by atoms with Gasteiger partial charge in [0.15, 0.2) is 5.84 Å². The second kappa shape index (κ2) is 6.48. The predicted molar refractivity (Wildman–Crippen MR) is 84.3 cm³/mol. The van der Waals surface area contributed by atoms with E-state index in [0.29, 0.717) is 0 Å². The highest BCUT2D eigenvalue weighted by Crippen LogP contribution is 2.36. The third-order valence-corrected chi connectivity index (χ3v) is 5.10. The van der Waals surface area contributed by atoms with Gasteiger partial charge in [-0.1, -0.05) is 42.3 Å². The van der Waals surface area contributed by atoms with Crippen molar-refractivity contribution in [2.45, 2.75) is 51.1 Å². The lowest BCUT2D eigenvalue weighted by Gasteiger charge is -2.29. The second-order valence-corrected chi connectivity index (χ2v) is 6.41. The smallest absolute Gasteiger partial charge is 0.170 e. The largest absolute Gasteiger partial charge is 0.409 e. The molecule has 3 N–H and O–H groups in total. The molecule has 0 radical (unpaired) electrons. The Hall–Kier alpha value is -1.55. The van der Waals surface area contributed by atoms with E-state index in [4.69, 9.17) is 10.9 Å². The van der Waals surface area contributed by atoms with E-state index in [9.17, 15) is 0 Å². The van der Waals surface area contributed by atoms with Crippen molar-refractivity contribution in [3.63, 3.8) is 0 Å². The normalized spacial score (nSPS) is 24.8. The number of rotatable bonds is 4. The number of benzene rings is 1. The second-order valence-electron chi connectivity index (χ2n) is 6.41. The van der Waals surface area contributed by atoms with Crippen molar-refractivity contribution < 1.29 is 5.21 Å². The average molecular weight is 287 g/mol. The Morgan fingerprint density at radius 3 is 2.52 bits per heavy atom. The lowest BCUT2D eigenvalue weighted by Crippen LogP contribution is -2.34. The molecule has 1 saturated heterocycles. The van der Waals surface area contributed by atoms with Crippen molar-refractivity contribution in [2.24, 2.45) is 16.8 Å². The highest BCUT2D eigenvalue weighted by molar-refractivity contribution is 5.96. The lowest BCUT2D eigenvalue weighted by molar-refractivity contribution is 0.183. The van der Waals surface area contributed by atoms with Gasteiger partial charge in [-0.2, -0.15) is 0 Å². The first-order valence-electron chi connectivity index (χ1n) is 8.09. The van der Waals surface area contributed by atoms with E-state index in [-0.39, 0.29) is 5.84 Å². The summed E-state index contributed by atoms with van der Waals surface area (Å²) in [4.78, 5) is 2.66. The van der Waals surface area contributed by atoms with Crippen LogP contribution in [0.1, 0.15) is 49.7 Å². The van der Waals surface area contributed by atoms with Gasteiger partial charge in [0.25, 0.3) is 0 Å². The Morgan fingerprint density at radius 1 is 1.14 bits per heavy atom. The van der Waals surface area contributed by atoms with Gasteiger partial charge in [0.2, 0.25) is 0 Å². The van der Waals surface area contributed by atoms with Gasteiger partial charge in [0, 0.05) is 18.2 Å². The predicted octanol–water partition coefficient (Wildman–Crippen LogP) is 2.94. The highest BCUT2D eigenvalue weighted by atomic mass is 16.4. The van der Waals surface area contributed by atoms with E-state index in [0.717, 1.165) is 24.1 Å². The molecule has 4 heteroatoms. The van der Waals surface area contributed by atoms with Gasteiger partial charge >= 0.3 is 0 Å². The van der Waals surface area contributed by atoms with Crippen LogP contribution >= 0.6 is 0 Å². The molecule has 1 atom stereocenters. The summed E-state index contributed by atoms with van der Waals surface area (Å²) < 4.78 is 0. The summed E-state index contributed by atoms with van der Waals surface area (Å²) >= 11 is 0. The molecular formula is C17H25N3O. The zero-order chi connectivity index (χ0) is 14.7. The zero-order valence-corrected chi connectivity index (χ0v) is 12.5. The molecule has 4 nitrogen and oxygen atoms in total. The molecule has 114 valence electrons. The van der Waals surface area contributed by atoms with E-state index in [1.165, 1.54) is 50.6 Å². The van der Waals surface area contributed by atoms with E-state index in [1.54, 1.807) is 0 Å². The fraction of sp³-hybridized carbons (Fsp3) is 0.588. The number of nitrogens with two attached hydrogens (primary N) is 1. The van der Waals surface area contributed by atoms with Crippen LogP contribution in [0.15, 0.2) is 29.4 Å². The van der Waals surface area contributed by atoms with Gasteiger partial charge < -0.3 is 10.9 Å². The maximum absolute atomic E-state index is 8.70. The van der Waals surface area contributed by atoms with Crippen LogP contribution in [-0.2, 0) is 6.54 Å². The summed E-state index contributed by atoms with van der Waals surface area (Å²) in [5.74, 6) is 1.09. The van der Waals surface area contributed by atoms with Gasteiger partial charge in [0.1, 0.15) is 0 Å². The SMILES string of the molecule is NC(=NO)c1ccc(CN2CCCC2C2CCCC2)cc1. The van der Waals surface area contributed by atoms with E-state index in [2.05, 4.69) is 22.2 Å². The first-order valence-corrected chi connectivity index (χ1v) is 8.09. The van der Waals surface area contributed by atoms with E-state index < -0.39 is 0 Å². The molecule has 1 aliphatic carbocycles. The topological polar surface area (TPSA) is 61.9 Å². The van der Waals surface area contributed by atoms with Crippen LogP contribution in [-0.4, -0.2) is 28.5 Å². The number of amidine groups is 1. The Bertz CT molecular complexity index is 491. The van der Waals surface area contributed by atoms with Crippen LogP contribution in [0.4, 0.5) is 0 Å². The monoisotopic (exact) mass is 287 g/mol. The Labute approximate surface area is 126 Å². The first-order chi connectivity index (χ1) is 10.3. The number of hydrogen-bond acceptors (Lipinski definition) is 3. The van der Waals surface area contributed by atoms with Crippen LogP contribution < -0.4 is 5.73 Å². The van der Waals surface area contributed by atoms with E-state index >= 15 is 0 Å². The summed E-state index contributed by atoms with van der Waals surface area (Å²) in [6.07, 6.45) is 8.39. The molecule has 1 aromatic carbocycles. The molecule has 0 aromatic heterocycles. The number of nitrogens with zero attached hydrogens (tertiary/aromatic N) is 2. The van der Waals surface area contributed by atoms with Crippen molar-refractivity contribution >= 4 is 5.84 Å². The fourth-order valence-corrected chi connectivity index (χ4v) is 4.00. The third-order valence-electron chi connectivity index (χ3n) is 5.10. The van der Waals surface area contributed by atoms with Crippen LogP contribution in [0.5, 0.6) is 0 Å². The first kappa shape index (κ1) is 14.4. The summed E-state index contributed by atoms with van der Waals surface area (Å²) in [5.41, 5.74) is 7.69. The lowest BCUT2D eigenvalue weighted by atomic mass is 9.95. The van der Waals surface area contributed by atoms with Crippen LogP contribution in [0, 0.1) is 5.92 Å². The number of oxime groups is 1.